The van der Waals surface area contributed by atoms with Crippen LogP contribution in [0.5, 0.6) is 0 Å². The van der Waals surface area contributed by atoms with Crippen LogP contribution in [0.15, 0.2) is 77.7 Å². The maximum atomic E-state index is 12.4. The number of halogens is 2. The van der Waals surface area contributed by atoms with Crippen LogP contribution in [-0.2, 0) is 0 Å². The fourth-order valence-corrected chi connectivity index (χ4v) is 3.59. The Balaban J connectivity index is 1.74. The summed E-state index contributed by atoms with van der Waals surface area (Å²) in [5, 5.41) is 3.20. The Morgan fingerprint density at radius 3 is 2.15 bits per heavy atom. The zero-order valence-corrected chi connectivity index (χ0v) is 15.7. The van der Waals surface area contributed by atoms with E-state index in [4.69, 9.17) is 23.2 Å². The predicted octanol–water partition coefficient (Wildman–Crippen LogP) is 6.18. The van der Waals surface area contributed by atoms with E-state index in [9.17, 15) is 9.59 Å². The van der Waals surface area contributed by atoms with E-state index >= 15 is 0 Å². The summed E-state index contributed by atoms with van der Waals surface area (Å²) in [6, 6.07) is 20.9. The molecule has 0 aromatic heterocycles. The number of hydrogen-bond donors (Lipinski definition) is 1. The molecule has 0 saturated carbocycles. The summed E-state index contributed by atoms with van der Waals surface area (Å²) >= 11 is 13.4. The summed E-state index contributed by atoms with van der Waals surface area (Å²) < 4.78 is 0. The number of carbonyl (C=O) groups excluding carboxylic acids is 2. The minimum absolute atomic E-state index is 0.162. The molecule has 3 nitrogen and oxygen atoms in total. The molecule has 130 valence electrons. The van der Waals surface area contributed by atoms with Crippen molar-refractivity contribution in [3.05, 3.63) is 94.0 Å². The van der Waals surface area contributed by atoms with Crippen molar-refractivity contribution in [3.8, 4) is 0 Å². The number of thioether (sulfide) groups is 1. The average molecular weight is 402 g/mol. The van der Waals surface area contributed by atoms with Gasteiger partial charge < -0.3 is 5.32 Å². The highest BCUT2D eigenvalue weighted by atomic mass is 35.5. The van der Waals surface area contributed by atoms with E-state index in [-0.39, 0.29) is 16.0 Å². The molecule has 0 aliphatic rings. The maximum Gasteiger partial charge on any atom is 0.257 e. The van der Waals surface area contributed by atoms with E-state index in [0.717, 1.165) is 16.7 Å². The van der Waals surface area contributed by atoms with E-state index in [1.54, 1.807) is 42.5 Å². The molecule has 0 aliphatic carbocycles. The second-order valence-corrected chi connectivity index (χ2v) is 7.19. The number of hydrogen-bond acceptors (Lipinski definition) is 3. The van der Waals surface area contributed by atoms with Crippen molar-refractivity contribution in [2.45, 2.75) is 4.90 Å². The van der Waals surface area contributed by atoms with Gasteiger partial charge in [0.15, 0.2) is 0 Å². The van der Waals surface area contributed by atoms with Crippen molar-refractivity contribution in [1.82, 2.24) is 0 Å². The number of anilines is 1. The van der Waals surface area contributed by atoms with Crippen LogP contribution in [-0.4, -0.2) is 11.0 Å². The van der Waals surface area contributed by atoms with Gasteiger partial charge in [-0.3, -0.25) is 9.59 Å². The van der Waals surface area contributed by atoms with E-state index in [1.807, 2.05) is 30.3 Å². The van der Waals surface area contributed by atoms with Crippen molar-refractivity contribution in [2.24, 2.45) is 0 Å². The standard InChI is InChI=1S/C20H13Cl2NO2S/c21-17-9-5-4-8-15(17)19(24)23-13-10-11-16(18(22)12-13)20(25)26-14-6-2-1-3-7-14/h1-12H,(H,23,24). The number of rotatable bonds is 4. The summed E-state index contributed by atoms with van der Waals surface area (Å²) in [5.74, 6) is -0.343. The Kier molecular flexibility index (Phi) is 5.99. The molecule has 0 saturated heterocycles. The molecular formula is C20H13Cl2NO2S. The van der Waals surface area contributed by atoms with E-state index in [0.29, 0.717) is 21.8 Å². The zero-order chi connectivity index (χ0) is 18.5. The predicted molar refractivity (Wildman–Crippen MR) is 107 cm³/mol. The molecule has 0 unspecified atom stereocenters. The van der Waals surface area contributed by atoms with E-state index in [2.05, 4.69) is 5.32 Å². The molecular weight excluding hydrogens is 389 g/mol. The molecule has 0 bridgehead atoms. The quantitative estimate of drug-likeness (QED) is 0.530. The lowest BCUT2D eigenvalue weighted by Crippen LogP contribution is -2.12. The molecule has 3 aromatic carbocycles. The van der Waals surface area contributed by atoms with Gasteiger partial charge in [0.25, 0.3) is 5.91 Å². The lowest BCUT2D eigenvalue weighted by molar-refractivity contribution is 0.102. The second kappa shape index (κ2) is 8.41. The van der Waals surface area contributed by atoms with Gasteiger partial charge in [-0.1, -0.05) is 53.5 Å². The highest BCUT2D eigenvalue weighted by molar-refractivity contribution is 8.14. The number of carbonyl (C=O) groups is 2. The molecule has 26 heavy (non-hydrogen) atoms. The van der Waals surface area contributed by atoms with Crippen LogP contribution in [0.4, 0.5) is 5.69 Å². The monoisotopic (exact) mass is 401 g/mol. The number of benzene rings is 3. The summed E-state index contributed by atoms with van der Waals surface area (Å²) in [6.07, 6.45) is 0. The molecule has 3 aromatic rings. The number of amides is 1. The van der Waals surface area contributed by atoms with Crippen molar-refractivity contribution in [2.75, 3.05) is 5.32 Å². The molecule has 0 atom stereocenters. The largest absolute Gasteiger partial charge is 0.322 e. The SMILES string of the molecule is O=C(Nc1ccc(C(=O)Sc2ccccc2)c(Cl)c1)c1ccccc1Cl. The first-order valence-electron chi connectivity index (χ1n) is 7.67. The molecule has 3 rings (SSSR count). The van der Waals surface area contributed by atoms with Crippen molar-refractivity contribution in [3.63, 3.8) is 0 Å². The van der Waals surface area contributed by atoms with E-state index in [1.165, 1.54) is 0 Å². The van der Waals surface area contributed by atoms with Gasteiger partial charge in [0.1, 0.15) is 0 Å². The molecule has 6 heteroatoms. The van der Waals surface area contributed by atoms with Gasteiger partial charge in [0, 0.05) is 16.1 Å². The minimum atomic E-state index is -0.343. The lowest BCUT2D eigenvalue weighted by atomic mass is 10.2. The Morgan fingerprint density at radius 2 is 1.46 bits per heavy atom. The van der Waals surface area contributed by atoms with Crippen molar-refractivity contribution in [1.29, 1.82) is 0 Å². The van der Waals surface area contributed by atoms with E-state index < -0.39 is 0 Å². The Morgan fingerprint density at radius 1 is 0.769 bits per heavy atom. The summed E-state index contributed by atoms with van der Waals surface area (Å²) in [4.78, 5) is 25.5. The molecule has 0 spiro atoms. The molecule has 0 fully saturated rings. The first kappa shape index (κ1) is 18.5. The van der Waals surface area contributed by atoms with Crippen LogP contribution >= 0.6 is 35.0 Å². The van der Waals surface area contributed by atoms with Gasteiger partial charge in [-0.05, 0) is 54.2 Å². The van der Waals surface area contributed by atoms with Gasteiger partial charge >= 0.3 is 0 Å². The van der Waals surface area contributed by atoms with Crippen LogP contribution in [0.3, 0.4) is 0 Å². The first-order chi connectivity index (χ1) is 12.5. The number of nitrogens with one attached hydrogen (secondary N) is 1. The molecule has 0 radical (unpaired) electrons. The molecule has 1 N–H and O–H groups in total. The third kappa shape index (κ3) is 4.47. The highest BCUT2D eigenvalue weighted by Crippen LogP contribution is 2.29. The summed E-state index contributed by atoms with van der Waals surface area (Å²) in [5.41, 5.74) is 1.24. The van der Waals surface area contributed by atoms with Crippen LogP contribution in [0.1, 0.15) is 20.7 Å². The smallest absolute Gasteiger partial charge is 0.257 e. The topological polar surface area (TPSA) is 46.2 Å². The van der Waals surface area contributed by atoms with Crippen molar-refractivity contribution >= 4 is 51.7 Å². The van der Waals surface area contributed by atoms with Crippen LogP contribution < -0.4 is 5.32 Å². The van der Waals surface area contributed by atoms with Crippen LogP contribution in [0.25, 0.3) is 0 Å². The Bertz CT molecular complexity index is 961. The van der Waals surface area contributed by atoms with Crippen LogP contribution in [0, 0.1) is 0 Å². The minimum Gasteiger partial charge on any atom is -0.322 e. The zero-order valence-electron chi connectivity index (χ0n) is 13.4. The Labute approximate surface area is 165 Å². The summed E-state index contributed by atoms with van der Waals surface area (Å²) in [6.45, 7) is 0. The van der Waals surface area contributed by atoms with Gasteiger partial charge in [-0.2, -0.15) is 0 Å². The highest BCUT2D eigenvalue weighted by Gasteiger charge is 2.14. The third-order valence-electron chi connectivity index (χ3n) is 3.52. The van der Waals surface area contributed by atoms with Crippen molar-refractivity contribution < 1.29 is 9.59 Å². The maximum absolute atomic E-state index is 12.4. The Hall–Kier alpha value is -2.27. The normalized spacial score (nSPS) is 10.4. The second-order valence-electron chi connectivity index (χ2n) is 5.33. The third-order valence-corrected chi connectivity index (χ3v) is 5.07. The van der Waals surface area contributed by atoms with Gasteiger partial charge in [0.05, 0.1) is 15.6 Å². The molecule has 1 amide bonds. The van der Waals surface area contributed by atoms with Gasteiger partial charge in [-0.15, -0.1) is 0 Å². The fourth-order valence-electron chi connectivity index (χ4n) is 2.25. The average Bonchev–Trinajstić information content (AvgIpc) is 2.63. The molecule has 0 aliphatic heterocycles. The summed E-state index contributed by atoms with van der Waals surface area (Å²) in [7, 11) is 0. The lowest BCUT2D eigenvalue weighted by Gasteiger charge is -2.09. The first-order valence-corrected chi connectivity index (χ1v) is 9.24. The van der Waals surface area contributed by atoms with Gasteiger partial charge in [-0.25, -0.2) is 0 Å². The fraction of sp³-hybridized carbons (Fsp3) is 0. The van der Waals surface area contributed by atoms with Crippen LogP contribution in [0.2, 0.25) is 10.0 Å². The molecule has 0 heterocycles. The van der Waals surface area contributed by atoms with Gasteiger partial charge in [0.2, 0.25) is 5.12 Å².